The molecule has 3 nitrogen and oxygen atoms in total. The molecule has 0 spiro atoms. The van der Waals surface area contributed by atoms with Crippen molar-refractivity contribution in [2.24, 2.45) is 5.73 Å². The van der Waals surface area contributed by atoms with Crippen LogP contribution in [0.25, 0.3) is 0 Å². The van der Waals surface area contributed by atoms with Crippen LogP contribution in [0.4, 0.5) is 0 Å². The average Bonchev–Trinajstić information content (AvgIpc) is 2.63. The number of aliphatic hydroxyl groups excluding tert-OH is 1. The lowest BCUT2D eigenvalue weighted by Gasteiger charge is -2.25. The maximum atomic E-state index is 9.39. The quantitative estimate of drug-likeness (QED) is 0.452. The van der Waals surface area contributed by atoms with Crippen LogP contribution in [0.2, 0.25) is 0 Å². The molecule has 0 aromatic heterocycles. The lowest BCUT2D eigenvalue weighted by Crippen LogP contribution is -2.43. The van der Waals surface area contributed by atoms with E-state index < -0.39 is 5.54 Å². The van der Waals surface area contributed by atoms with Crippen LogP contribution in [0.3, 0.4) is 0 Å². The van der Waals surface area contributed by atoms with Crippen molar-refractivity contribution in [2.75, 3.05) is 6.61 Å². The molecule has 0 aliphatic heterocycles. The number of rotatable bonds is 14. The van der Waals surface area contributed by atoms with E-state index in [9.17, 15) is 5.11 Å². The van der Waals surface area contributed by atoms with Gasteiger partial charge in [-0.3, -0.25) is 0 Å². The molecule has 3 heteroatoms. The Labute approximate surface area is 155 Å². The predicted octanol–water partition coefficient (Wildman–Crippen LogP) is 5.24. The Morgan fingerprint density at radius 3 is 2.28 bits per heavy atom. The summed E-state index contributed by atoms with van der Waals surface area (Å²) in [4.78, 5) is 0. The SMILES string of the molecule is CCCCCCCC[C@H](C)Oc1ccc(CC[C@@](N)(CC)CO)cc1. The fourth-order valence-electron chi connectivity index (χ4n) is 3.00. The van der Waals surface area contributed by atoms with Crippen LogP contribution in [0, 0.1) is 0 Å². The van der Waals surface area contributed by atoms with Crippen LogP contribution in [-0.2, 0) is 6.42 Å². The first-order chi connectivity index (χ1) is 12.0. The molecule has 0 saturated heterocycles. The monoisotopic (exact) mass is 349 g/mol. The first-order valence-electron chi connectivity index (χ1n) is 10.2. The zero-order chi connectivity index (χ0) is 18.5. The second kappa shape index (κ2) is 12.3. The van der Waals surface area contributed by atoms with Crippen LogP contribution in [0.5, 0.6) is 5.75 Å². The Kier molecular flexibility index (Phi) is 10.8. The number of nitrogens with two attached hydrogens (primary N) is 1. The zero-order valence-electron chi connectivity index (χ0n) is 16.6. The molecule has 1 rings (SSSR count). The fraction of sp³-hybridized carbons (Fsp3) is 0.727. The minimum Gasteiger partial charge on any atom is -0.491 e. The van der Waals surface area contributed by atoms with Gasteiger partial charge in [-0.25, -0.2) is 0 Å². The third kappa shape index (κ3) is 9.27. The van der Waals surface area contributed by atoms with Gasteiger partial charge >= 0.3 is 0 Å². The molecule has 25 heavy (non-hydrogen) atoms. The Hall–Kier alpha value is -1.06. The van der Waals surface area contributed by atoms with E-state index >= 15 is 0 Å². The van der Waals surface area contributed by atoms with Crippen LogP contribution >= 0.6 is 0 Å². The van der Waals surface area contributed by atoms with Crippen LogP contribution in [0.1, 0.15) is 84.1 Å². The number of hydrogen-bond donors (Lipinski definition) is 2. The summed E-state index contributed by atoms with van der Waals surface area (Å²) in [6, 6.07) is 8.33. The van der Waals surface area contributed by atoms with E-state index in [1.54, 1.807) is 0 Å². The highest BCUT2D eigenvalue weighted by molar-refractivity contribution is 5.27. The number of unbranched alkanes of at least 4 members (excludes halogenated alkanes) is 5. The van der Waals surface area contributed by atoms with E-state index in [-0.39, 0.29) is 12.7 Å². The van der Waals surface area contributed by atoms with E-state index in [4.69, 9.17) is 10.5 Å². The third-order valence-electron chi connectivity index (χ3n) is 5.16. The Morgan fingerprint density at radius 1 is 1.04 bits per heavy atom. The lowest BCUT2D eigenvalue weighted by atomic mass is 9.90. The zero-order valence-corrected chi connectivity index (χ0v) is 16.6. The third-order valence-corrected chi connectivity index (χ3v) is 5.16. The largest absolute Gasteiger partial charge is 0.491 e. The van der Waals surface area contributed by atoms with Gasteiger partial charge in [-0.2, -0.15) is 0 Å². The van der Waals surface area contributed by atoms with Crippen LogP contribution < -0.4 is 10.5 Å². The first-order valence-corrected chi connectivity index (χ1v) is 10.2. The number of aryl methyl sites for hydroxylation is 1. The number of hydrogen-bond acceptors (Lipinski definition) is 3. The summed E-state index contributed by atoms with van der Waals surface area (Å²) in [5, 5.41) is 9.39. The van der Waals surface area contributed by atoms with Gasteiger partial charge in [0.15, 0.2) is 0 Å². The molecule has 0 radical (unpaired) electrons. The van der Waals surface area contributed by atoms with E-state index in [0.717, 1.165) is 31.4 Å². The number of benzene rings is 1. The topological polar surface area (TPSA) is 55.5 Å². The smallest absolute Gasteiger partial charge is 0.119 e. The molecule has 0 heterocycles. The summed E-state index contributed by atoms with van der Waals surface area (Å²) < 4.78 is 6.02. The van der Waals surface area contributed by atoms with Crippen molar-refractivity contribution in [3.63, 3.8) is 0 Å². The van der Waals surface area contributed by atoms with E-state index in [2.05, 4.69) is 38.1 Å². The summed E-state index contributed by atoms with van der Waals surface area (Å²) in [5.74, 6) is 0.943. The van der Waals surface area contributed by atoms with Crippen molar-refractivity contribution in [1.82, 2.24) is 0 Å². The minimum atomic E-state index is -0.458. The Morgan fingerprint density at radius 2 is 1.68 bits per heavy atom. The van der Waals surface area contributed by atoms with Gasteiger partial charge in [-0.1, -0.05) is 58.1 Å². The van der Waals surface area contributed by atoms with Crippen molar-refractivity contribution in [2.45, 2.75) is 96.6 Å². The van der Waals surface area contributed by atoms with Gasteiger partial charge in [0, 0.05) is 5.54 Å². The number of aliphatic hydroxyl groups is 1. The van der Waals surface area contributed by atoms with Crippen LogP contribution in [0.15, 0.2) is 24.3 Å². The molecule has 144 valence electrons. The highest BCUT2D eigenvalue weighted by Crippen LogP contribution is 2.20. The second-order valence-corrected chi connectivity index (χ2v) is 7.50. The molecule has 3 N–H and O–H groups in total. The highest BCUT2D eigenvalue weighted by Gasteiger charge is 2.20. The molecule has 0 unspecified atom stereocenters. The molecule has 0 amide bonds. The molecule has 0 aliphatic carbocycles. The summed E-state index contributed by atoms with van der Waals surface area (Å²) in [5.41, 5.74) is 6.94. The van der Waals surface area contributed by atoms with Crippen molar-refractivity contribution < 1.29 is 9.84 Å². The molecule has 0 aliphatic rings. The van der Waals surface area contributed by atoms with Gasteiger partial charge in [-0.05, 0) is 56.7 Å². The molecule has 2 atom stereocenters. The Bertz CT molecular complexity index is 440. The highest BCUT2D eigenvalue weighted by atomic mass is 16.5. The molecule has 1 aromatic rings. The molecule has 0 saturated carbocycles. The minimum absolute atomic E-state index is 0.0423. The summed E-state index contributed by atoms with van der Waals surface area (Å²) in [7, 11) is 0. The van der Waals surface area contributed by atoms with Gasteiger partial charge < -0.3 is 15.6 Å². The second-order valence-electron chi connectivity index (χ2n) is 7.50. The van der Waals surface area contributed by atoms with Gasteiger partial charge in [0.25, 0.3) is 0 Å². The Balaban J connectivity index is 2.29. The maximum absolute atomic E-state index is 9.39. The van der Waals surface area contributed by atoms with Gasteiger partial charge in [0.2, 0.25) is 0 Å². The lowest BCUT2D eigenvalue weighted by molar-refractivity contribution is 0.183. The normalized spacial score (nSPS) is 14.9. The molecular weight excluding hydrogens is 310 g/mol. The first kappa shape index (κ1) is 22.0. The molecule has 0 fully saturated rings. The summed E-state index contributed by atoms with van der Waals surface area (Å²) >= 11 is 0. The van der Waals surface area contributed by atoms with Gasteiger partial charge in [-0.15, -0.1) is 0 Å². The molecule has 1 aromatic carbocycles. The van der Waals surface area contributed by atoms with Gasteiger partial charge in [0.1, 0.15) is 5.75 Å². The average molecular weight is 350 g/mol. The molecular formula is C22H39NO2. The summed E-state index contributed by atoms with van der Waals surface area (Å²) in [6.07, 6.45) is 11.8. The van der Waals surface area contributed by atoms with Crippen molar-refractivity contribution >= 4 is 0 Å². The molecule has 0 bridgehead atoms. The maximum Gasteiger partial charge on any atom is 0.119 e. The van der Waals surface area contributed by atoms with Crippen molar-refractivity contribution in [3.05, 3.63) is 29.8 Å². The fourth-order valence-corrected chi connectivity index (χ4v) is 3.00. The van der Waals surface area contributed by atoms with E-state index in [1.165, 1.54) is 44.1 Å². The van der Waals surface area contributed by atoms with Crippen molar-refractivity contribution in [1.29, 1.82) is 0 Å². The van der Waals surface area contributed by atoms with E-state index in [1.807, 2.05) is 6.92 Å². The van der Waals surface area contributed by atoms with Crippen LogP contribution in [-0.4, -0.2) is 23.4 Å². The summed E-state index contributed by atoms with van der Waals surface area (Å²) in [6.45, 7) is 6.48. The van der Waals surface area contributed by atoms with Crippen molar-refractivity contribution in [3.8, 4) is 5.75 Å². The standard InChI is InChI=1S/C22H39NO2/c1-4-6-7-8-9-10-11-19(3)25-21-14-12-20(13-15-21)16-17-22(23,5-2)18-24/h12-15,19,24H,4-11,16-18,23H2,1-3H3/t19-,22-/m0/s1. The number of ether oxygens (including phenoxy) is 1. The predicted molar refractivity (Wildman–Crippen MR) is 107 cm³/mol. The van der Waals surface area contributed by atoms with Gasteiger partial charge in [0.05, 0.1) is 12.7 Å². The van der Waals surface area contributed by atoms with E-state index in [0.29, 0.717) is 0 Å².